The molecular formula is C17H26N4. The van der Waals surface area contributed by atoms with Gasteiger partial charge in [-0.15, -0.1) is 0 Å². The van der Waals surface area contributed by atoms with Gasteiger partial charge in [0.15, 0.2) is 0 Å². The van der Waals surface area contributed by atoms with Crippen LogP contribution < -0.4 is 5.32 Å². The van der Waals surface area contributed by atoms with E-state index in [1.165, 1.54) is 68.7 Å². The smallest absolute Gasteiger partial charge is 0.132 e. The summed E-state index contributed by atoms with van der Waals surface area (Å²) in [5.74, 6) is 1.91. The Hall–Kier alpha value is -1.29. The van der Waals surface area contributed by atoms with Gasteiger partial charge in [-0.3, -0.25) is 4.68 Å². The molecule has 3 heterocycles. The van der Waals surface area contributed by atoms with E-state index in [1.54, 1.807) is 11.1 Å². The first kappa shape index (κ1) is 13.4. The van der Waals surface area contributed by atoms with Crippen LogP contribution in [0.4, 0.5) is 5.82 Å². The number of piperidine rings is 1. The molecule has 0 unspecified atom stereocenters. The van der Waals surface area contributed by atoms with Crippen molar-refractivity contribution in [3.63, 3.8) is 0 Å². The van der Waals surface area contributed by atoms with E-state index >= 15 is 0 Å². The van der Waals surface area contributed by atoms with E-state index in [9.17, 15) is 0 Å². The summed E-state index contributed by atoms with van der Waals surface area (Å²) in [7, 11) is 4.33. The zero-order valence-electron chi connectivity index (χ0n) is 13.3. The molecule has 1 fully saturated rings. The second kappa shape index (κ2) is 5.16. The Morgan fingerprint density at radius 2 is 1.86 bits per heavy atom. The lowest BCUT2D eigenvalue weighted by molar-refractivity contribution is 0.253. The Morgan fingerprint density at radius 3 is 2.67 bits per heavy atom. The second-order valence-corrected chi connectivity index (χ2v) is 6.95. The van der Waals surface area contributed by atoms with Crippen molar-refractivity contribution in [1.29, 1.82) is 0 Å². The molecule has 1 aromatic heterocycles. The SMILES string of the molecule is CN1CCC(c2nn(C)c3c2C2=C(CCCC2)CN3)CC1. The molecule has 0 radical (unpaired) electrons. The lowest BCUT2D eigenvalue weighted by Crippen LogP contribution is -2.29. The average molecular weight is 286 g/mol. The largest absolute Gasteiger partial charge is 0.366 e. The van der Waals surface area contributed by atoms with E-state index < -0.39 is 0 Å². The van der Waals surface area contributed by atoms with Crippen molar-refractivity contribution >= 4 is 11.4 Å². The molecule has 1 aromatic rings. The average Bonchev–Trinajstić information content (AvgIpc) is 2.86. The van der Waals surface area contributed by atoms with E-state index in [0.717, 1.165) is 6.54 Å². The molecule has 21 heavy (non-hydrogen) atoms. The molecule has 4 rings (SSSR count). The molecule has 0 saturated carbocycles. The minimum atomic E-state index is 0.645. The molecule has 0 bridgehead atoms. The molecule has 0 atom stereocenters. The van der Waals surface area contributed by atoms with Gasteiger partial charge in [-0.1, -0.05) is 0 Å². The monoisotopic (exact) mass is 286 g/mol. The number of nitrogens with one attached hydrogen (secondary N) is 1. The molecule has 4 heteroatoms. The molecular weight excluding hydrogens is 260 g/mol. The standard InChI is InChI=1S/C17H26N4/c1-20-9-7-12(8-10-20)16-15-14-6-4-3-5-13(14)11-18-17(15)21(2)19-16/h12,18H,3-11H2,1-2H3. The molecule has 1 N–H and O–H groups in total. The highest BCUT2D eigenvalue weighted by molar-refractivity contribution is 5.82. The molecule has 0 aromatic carbocycles. The van der Waals surface area contributed by atoms with Gasteiger partial charge < -0.3 is 10.2 Å². The van der Waals surface area contributed by atoms with Crippen molar-refractivity contribution in [2.24, 2.45) is 7.05 Å². The number of hydrogen-bond acceptors (Lipinski definition) is 3. The van der Waals surface area contributed by atoms with E-state index in [-0.39, 0.29) is 0 Å². The third-order valence-electron chi connectivity index (χ3n) is 5.53. The predicted octanol–water partition coefficient (Wildman–Crippen LogP) is 2.98. The molecule has 1 saturated heterocycles. The normalized spacial score (nSPS) is 23.7. The number of anilines is 1. The molecule has 4 nitrogen and oxygen atoms in total. The Bertz CT molecular complexity index is 576. The Labute approximate surface area is 127 Å². The molecule has 2 aliphatic heterocycles. The minimum Gasteiger partial charge on any atom is -0.366 e. The third kappa shape index (κ3) is 2.20. The van der Waals surface area contributed by atoms with Crippen molar-refractivity contribution in [3.8, 4) is 0 Å². The second-order valence-electron chi connectivity index (χ2n) is 6.95. The summed E-state index contributed by atoms with van der Waals surface area (Å²) >= 11 is 0. The fourth-order valence-corrected chi connectivity index (χ4v) is 4.27. The van der Waals surface area contributed by atoms with Crippen molar-refractivity contribution in [1.82, 2.24) is 14.7 Å². The van der Waals surface area contributed by atoms with E-state index in [4.69, 9.17) is 5.10 Å². The molecule has 0 spiro atoms. The number of nitrogens with zero attached hydrogens (tertiary/aromatic N) is 3. The third-order valence-corrected chi connectivity index (χ3v) is 5.53. The highest BCUT2D eigenvalue weighted by atomic mass is 15.3. The highest BCUT2D eigenvalue weighted by Crippen LogP contribution is 2.44. The quantitative estimate of drug-likeness (QED) is 0.861. The van der Waals surface area contributed by atoms with Gasteiger partial charge in [0.2, 0.25) is 0 Å². The van der Waals surface area contributed by atoms with Gasteiger partial charge in [0.1, 0.15) is 5.82 Å². The molecule has 3 aliphatic rings. The fraction of sp³-hybridized carbons (Fsp3) is 0.706. The van der Waals surface area contributed by atoms with Crippen molar-refractivity contribution in [2.45, 2.75) is 44.4 Å². The zero-order chi connectivity index (χ0) is 14.4. The van der Waals surface area contributed by atoms with Gasteiger partial charge >= 0.3 is 0 Å². The summed E-state index contributed by atoms with van der Waals surface area (Å²) in [6, 6.07) is 0. The topological polar surface area (TPSA) is 33.1 Å². The van der Waals surface area contributed by atoms with Crippen LogP contribution in [0.2, 0.25) is 0 Å². The van der Waals surface area contributed by atoms with Crippen LogP contribution in [0.25, 0.3) is 5.57 Å². The van der Waals surface area contributed by atoms with E-state index in [1.807, 2.05) is 0 Å². The number of aryl methyl sites for hydroxylation is 1. The first-order valence-electron chi connectivity index (χ1n) is 8.44. The van der Waals surface area contributed by atoms with Crippen molar-refractivity contribution in [2.75, 3.05) is 32.0 Å². The van der Waals surface area contributed by atoms with Crippen LogP contribution in [0.15, 0.2) is 5.57 Å². The van der Waals surface area contributed by atoms with Crippen molar-refractivity contribution < 1.29 is 0 Å². The van der Waals surface area contributed by atoms with E-state index in [0.29, 0.717) is 5.92 Å². The lowest BCUT2D eigenvalue weighted by Gasteiger charge is -2.31. The Balaban J connectivity index is 1.75. The van der Waals surface area contributed by atoms with Gasteiger partial charge in [-0.2, -0.15) is 5.10 Å². The summed E-state index contributed by atoms with van der Waals surface area (Å²) in [5.41, 5.74) is 6.14. The van der Waals surface area contributed by atoms with Crippen LogP contribution in [0.1, 0.15) is 55.7 Å². The zero-order valence-corrected chi connectivity index (χ0v) is 13.3. The Morgan fingerprint density at radius 1 is 1.10 bits per heavy atom. The van der Waals surface area contributed by atoms with Gasteiger partial charge in [-0.25, -0.2) is 0 Å². The lowest BCUT2D eigenvalue weighted by atomic mass is 9.81. The van der Waals surface area contributed by atoms with Crippen LogP contribution >= 0.6 is 0 Å². The number of hydrogen-bond donors (Lipinski definition) is 1. The van der Waals surface area contributed by atoms with Crippen LogP contribution in [0.5, 0.6) is 0 Å². The fourth-order valence-electron chi connectivity index (χ4n) is 4.27. The van der Waals surface area contributed by atoms with Crippen LogP contribution in [0, 0.1) is 0 Å². The number of aromatic nitrogens is 2. The summed E-state index contributed by atoms with van der Waals surface area (Å²) in [6.07, 6.45) is 7.75. The maximum absolute atomic E-state index is 4.93. The number of fused-ring (bicyclic) bond motifs is 2. The summed E-state index contributed by atoms with van der Waals surface area (Å²) in [4.78, 5) is 2.44. The molecule has 1 aliphatic carbocycles. The van der Waals surface area contributed by atoms with E-state index in [2.05, 4.69) is 29.0 Å². The minimum absolute atomic E-state index is 0.645. The maximum Gasteiger partial charge on any atom is 0.132 e. The first-order chi connectivity index (χ1) is 10.2. The predicted molar refractivity (Wildman–Crippen MR) is 86.6 cm³/mol. The summed E-state index contributed by atoms with van der Waals surface area (Å²) in [6.45, 7) is 3.44. The number of allylic oxidation sites excluding steroid dienone is 1. The molecule has 114 valence electrons. The maximum atomic E-state index is 4.93. The highest BCUT2D eigenvalue weighted by Gasteiger charge is 2.31. The first-order valence-corrected chi connectivity index (χ1v) is 8.44. The van der Waals surface area contributed by atoms with Gasteiger partial charge in [0.25, 0.3) is 0 Å². The van der Waals surface area contributed by atoms with Crippen LogP contribution in [-0.2, 0) is 7.05 Å². The number of rotatable bonds is 1. The molecule has 0 amide bonds. The van der Waals surface area contributed by atoms with Crippen LogP contribution in [0.3, 0.4) is 0 Å². The Kier molecular flexibility index (Phi) is 3.29. The summed E-state index contributed by atoms with van der Waals surface area (Å²) < 4.78 is 2.08. The van der Waals surface area contributed by atoms with Gasteiger partial charge in [0, 0.05) is 25.1 Å². The van der Waals surface area contributed by atoms with Gasteiger partial charge in [-0.05, 0) is 69.8 Å². The van der Waals surface area contributed by atoms with Crippen molar-refractivity contribution in [3.05, 3.63) is 16.8 Å². The van der Waals surface area contributed by atoms with Crippen LogP contribution in [-0.4, -0.2) is 41.4 Å². The van der Waals surface area contributed by atoms with Gasteiger partial charge in [0.05, 0.1) is 5.69 Å². The summed E-state index contributed by atoms with van der Waals surface area (Å²) in [5, 5.41) is 8.56. The number of likely N-dealkylation sites (tertiary alicyclic amines) is 1.